The van der Waals surface area contributed by atoms with Gasteiger partial charge in [-0.1, -0.05) is 30.3 Å². The summed E-state index contributed by atoms with van der Waals surface area (Å²) in [5.41, 5.74) is 10.4. The smallest absolute Gasteiger partial charge is 0.248 e. The van der Waals surface area contributed by atoms with Gasteiger partial charge in [0, 0.05) is 23.2 Å². The molecule has 4 rings (SSSR count). The van der Waals surface area contributed by atoms with Gasteiger partial charge >= 0.3 is 0 Å². The van der Waals surface area contributed by atoms with Crippen molar-refractivity contribution in [3.63, 3.8) is 0 Å². The quantitative estimate of drug-likeness (QED) is 0.537. The summed E-state index contributed by atoms with van der Waals surface area (Å²) in [6, 6.07) is 19.2. The second kappa shape index (κ2) is 7.67. The summed E-state index contributed by atoms with van der Waals surface area (Å²) in [6.45, 7) is 1.92. The van der Waals surface area contributed by atoms with Crippen molar-refractivity contribution in [3.05, 3.63) is 95.2 Å². The first-order chi connectivity index (χ1) is 14.0. The normalized spacial score (nSPS) is 10.8. The first-order valence-electron chi connectivity index (χ1n) is 9.17. The van der Waals surface area contributed by atoms with Crippen LogP contribution < -0.4 is 5.73 Å². The predicted octanol–water partition coefficient (Wildman–Crippen LogP) is 4.28. The van der Waals surface area contributed by atoms with E-state index in [0.29, 0.717) is 23.2 Å². The van der Waals surface area contributed by atoms with Gasteiger partial charge in [-0.05, 0) is 48.9 Å². The number of nitrogens with zero attached hydrogens (tertiary/aromatic N) is 2. The zero-order valence-electron chi connectivity index (χ0n) is 15.8. The number of aromatic amines is 1. The summed E-state index contributed by atoms with van der Waals surface area (Å²) >= 11 is 0. The number of amides is 1. The van der Waals surface area contributed by atoms with E-state index in [1.54, 1.807) is 18.2 Å². The van der Waals surface area contributed by atoms with E-state index in [1.807, 2.05) is 43.3 Å². The fourth-order valence-electron chi connectivity index (χ4n) is 3.20. The van der Waals surface area contributed by atoms with Gasteiger partial charge in [-0.15, -0.1) is 0 Å². The van der Waals surface area contributed by atoms with Gasteiger partial charge in [-0.3, -0.25) is 9.78 Å². The molecule has 0 saturated heterocycles. The number of H-pyrrole nitrogens is 1. The number of rotatable bonds is 5. The van der Waals surface area contributed by atoms with E-state index in [2.05, 4.69) is 9.97 Å². The Balaban J connectivity index is 1.76. The molecule has 0 aliphatic heterocycles. The molecule has 0 aliphatic rings. The first kappa shape index (κ1) is 18.6. The first-order valence-corrected chi connectivity index (χ1v) is 9.17. The van der Waals surface area contributed by atoms with Gasteiger partial charge in [-0.25, -0.2) is 9.37 Å². The van der Waals surface area contributed by atoms with Gasteiger partial charge in [0.15, 0.2) is 0 Å². The molecule has 0 aliphatic carbocycles. The number of aromatic nitrogens is 3. The molecule has 0 radical (unpaired) electrons. The zero-order chi connectivity index (χ0) is 20.4. The van der Waals surface area contributed by atoms with Crippen molar-refractivity contribution in [1.29, 1.82) is 0 Å². The van der Waals surface area contributed by atoms with Gasteiger partial charge in [0.25, 0.3) is 0 Å². The number of imidazole rings is 1. The van der Waals surface area contributed by atoms with Crippen molar-refractivity contribution in [3.8, 4) is 22.6 Å². The van der Waals surface area contributed by atoms with Crippen molar-refractivity contribution >= 4 is 5.91 Å². The third kappa shape index (κ3) is 4.06. The Labute approximate surface area is 167 Å². The molecule has 2 aromatic heterocycles. The number of hydrogen-bond acceptors (Lipinski definition) is 3. The van der Waals surface area contributed by atoms with Crippen molar-refractivity contribution in [2.24, 2.45) is 5.73 Å². The van der Waals surface area contributed by atoms with Crippen molar-refractivity contribution in [1.82, 2.24) is 15.0 Å². The number of hydrogen-bond donors (Lipinski definition) is 2. The number of carbonyl (C=O) groups excluding carboxylic acids is 1. The minimum atomic E-state index is -0.462. The average molecular weight is 386 g/mol. The molecule has 2 aromatic carbocycles. The Morgan fingerprint density at radius 2 is 1.79 bits per heavy atom. The number of halogens is 1. The van der Waals surface area contributed by atoms with Gasteiger partial charge in [0.05, 0.1) is 17.1 Å². The van der Waals surface area contributed by atoms with Gasteiger partial charge in [-0.2, -0.15) is 0 Å². The Kier molecular flexibility index (Phi) is 4.91. The van der Waals surface area contributed by atoms with Crippen LogP contribution in [0.25, 0.3) is 22.6 Å². The molecule has 3 N–H and O–H groups in total. The second-order valence-electron chi connectivity index (χ2n) is 6.82. The molecule has 0 fully saturated rings. The molecule has 0 bridgehead atoms. The summed E-state index contributed by atoms with van der Waals surface area (Å²) in [5, 5.41) is 0. The third-order valence-electron chi connectivity index (χ3n) is 4.61. The summed E-state index contributed by atoms with van der Waals surface area (Å²) in [4.78, 5) is 23.9. The van der Waals surface area contributed by atoms with Crippen LogP contribution in [0.15, 0.2) is 66.7 Å². The van der Waals surface area contributed by atoms with Crippen molar-refractivity contribution in [2.75, 3.05) is 0 Å². The topological polar surface area (TPSA) is 84.7 Å². The standard InChI is InChI=1S/C23H19FN4O/c1-14-4-2-7-19(26-14)22-21(17-5-3-6-18(24)13-17)27-20(28-22)12-15-8-10-16(11-9-15)23(25)29/h2-11,13H,12H2,1H3,(H2,25,29)(H,27,28). The number of carbonyl (C=O) groups is 1. The summed E-state index contributed by atoms with van der Waals surface area (Å²) < 4.78 is 13.8. The Morgan fingerprint density at radius 1 is 1.03 bits per heavy atom. The maximum absolute atomic E-state index is 13.8. The van der Waals surface area contributed by atoms with E-state index in [9.17, 15) is 9.18 Å². The van der Waals surface area contributed by atoms with Gasteiger partial charge in [0.1, 0.15) is 11.6 Å². The molecular formula is C23H19FN4O. The van der Waals surface area contributed by atoms with Crippen LogP contribution in [0.1, 0.15) is 27.4 Å². The average Bonchev–Trinajstić information content (AvgIpc) is 3.12. The summed E-state index contributed by atoms with van der Waals surface area (Å²) in [6.07, 6.45) is 0.521. The van der Waals surface area contributed by atoms with Crippen LogP contribution >= 0.6 is 0 Å². The maximum atomic E-state index is 13.8. The van der Waals surface area contributed by atoms with Gasteiger partial charge in [0.2, 0.25) is 5.91 Å². The number of pyridine rings is 1. The molecule has 0 unspecified atom stereocenters. The summed E-state index contributed by atoms with van der Waals surface area (Å²) in [5.74, 6) is -0.0672. The highest BCUT2D eigenvalue weighted by molar-refractivity contribution is 5.92. The predicted molar refractivity (Wildman–Crippen MR) is 110 cm³/mol. The lowest BCUT2D eigenvalue weighted by Gasteiger charge is -2.03. The molecule has 144 valence electrons. The number of primary amides is 1. The van der Waals surface area contributed by atoms with Crippen molar-refractivity contribution in [2.45, 2.75) is 13.3 Å². The molecule has 0 saturated carbocycles. The highest BCUT2D eigenvalue weighted by atomic mass is 19.1. The van der Waals surface area contributed by atoms with Crippen LogP contribution in [-0.4, -0.2) is 20.9 Å². The van der Waals surface area contributed by atoms with Gasteiger partial charge < -0.3 is 10.7 Å². The fourth-order valence-corrected chi connectivity index (χ4v) is 3.20. The highest BCUT2D eigenvalue weighted by Crippen LogP contribution is 2.30. The highest BCUT2D eigenvalue weighted by Gasteiger charge is 2.16. The minimum Gasteiger partial charge on any atom is -0.366 e. The molecule has 4 aromatic rings. The van der Waals surface area contributed by atoms with Crippen LogP contribution in [0.2, 0.25) is 0 Å². The monoisotopic (exact) mass is 386 g/mol. The Bertz CT molecular complexity index is 1120. The van der Waals surface area contributed by atoms with E-state index >= 15 is 0 Å². The maximum Gasteiger partial charge on any atom is 0.248 e. The molecular weight excluding hydrogens is 367 g/mol. The molecule has 5 nitrogen and oxygen atoms in total. The largest absolute Gasteiger partial charge is 0.366 e. The minimum absolute atomic E-state index is 0.322. The van der Waals surface area contributed by atoms with Crippen molar-refractivity contribution < 1.29 is 9.18 Å². The van der Waals surface area contributed by atoms with Crippen LogP contribution in [0, 0.1) is 12.7 Å². The molecule has 0 spiro atoms. The second-order valence-corrected chi connectivity index (χ2v) is 6.82. The summed E-state index contributed by atoms with van der Waals surface area (Å²) in [7, 11) is 0. The molecule has 6 heteroatoms. The number of nitrogens with two attached hydrogens (primary N) is 1. The lowest BCUT2D eigenvalue weighted by molar-refractivity contribution is 0.100. The van der Waals surface area contributed by atoms with E-state index in [1.165, 1.54) is 12.1 Å². The van der Waals surface area contributed by atoms with Crippen LogP contribution in [-0.2, 0) is 6.42 Å². The number of benzene rings is 2. The number of aryl methyl sites for hydroxylation is 1. The fraction of sp³-hybridized carbons (Fsp3) is 0.0870. The van der Waals surface area contributed by atoms with Crippen LogP contribution in [0.5, 0.6) is 0 Å². The van der Waals surface area contributed by atoms with E-state index in [4.69, 9.17) is 10.7 Å². The molecule has 29 heavy (non-hydrogen) atoms. The molecule has 2 heterocycles. The van der Waals surface area contributed by atoms with Crippen LogP contribution in [0.4, 0.5) is 4.39 Å². The van der Waals surface area contributed by atoms with E-state index in [0.717, 1.165) is 28.5 Å². The third-order valence-corrected chi connectivity index (χ3v) is 4.61. The molecule has 1 amide bonds. The van der Waals surface area contributed by atoms with E-state index < -0.39 is 5.91 Å². The zero-order valence-corrected chi connectivity index (χ0v) is 15.8. The SMILES string of the molecule is Cc1cccc(-c2[nH]c(Cc3ccc(C(N)=O)cc3)nc2-c2cccc(F)c2)n1. The Hall–Kier alpha value is -3.80. The van der Waals surface area contributed by atoms with E-state index in [-0.39, 0.29) is 5.82 Å². The van der Waals surface area contributed by atoms with Crippen LogP contribution in [0.3, 0.4) is 0 Å². The number of nitrogens with one attached hydrogen (secondary N) is 1. The Morgan fingerprint density at radius 3 is 2.48 bits per heavy atom. The lowest BCUT2D eigenvalue weighted by Crippen LogP contribution is -2.10. The molecule has 0 atom stereocenters. The lowest BCUT2D eigenvalue weighted by atomic mass is 10.1.